The molecule has 1 aromatic heterocycles. The monoisotopic (exact) mass is 437 g/mol. The lowest BCUT2D eigenvalue weighted by atomic mass is 9.97. The first-order valence-corrected chi connectivity index (χ1v) is 10.8. The molecule has 2 atom stereocenters. The molecule has 0 saturated carbocycles. The highest BCUT2D eigenvalue weighted by molar-refractivity contribution is 7.11. The van der Waals surface area contributed by atoms with E-state index in [1.165, 1.54) is 17.0 Å². The van der Waals surface area contributed by atoms with Crippen molar-refractivity contribution < 1.29 is 23.0 Å². The Morgan fingerprint density at radius 2 is 2.10 bits per heavy atom. The van der Waals surface area contributed by atoms with Crippen molar-refractivity contribution >= 4 is 17.2 Å². The summed E-state index contributed by atoms with van der Waals surface area (Å²) in [6, 6.07) is 3.20. The predicted octanol–water partition coefficient (Wildman–Crippen LogP) is 2.71. The van der Waals surface area contributed by atoms with Crippen LogP contribution in [0.5, 0.6) is 0 Å². The van der Waals surface area contributed by atoms with Crippen LogP contribution in [0, 0.1) is 25.5 Å². The average Bonchev–Trinajstić information content (AvgIpc) is 3.22. The summed E-state index contributed by atoms with van der Waals surface area (Å²) < 4.78 is 38.4. The van der Waals surface area contributed by atoms with Crippen LogP contribution in [0.15, 0.2) is 18.2 Å². The molecule has 2 aliphatic heterocycles. The number of nitrogens with zero attached hydrogens (tertiary/aromatic N) is 2. The molecule has 1 amide bonds. The van der Waals surface area contributed by atoms with Crippen LogP contribution in [0.25, 0.3) is 0 Å². The van der Waals surface area contributed by atoms with Crippen molar-refractivity contribution in [2.45, 2.75) is 45.1 Å². The number of benzene rings is 1. The van der Waals surface area contributed by atoms with Gasteiger partial charge >= 0.3 is 0 Å². The Morgan fingerprint density at radius 3 is 2.80 bits per heavy atom. The van der Waals surface area contributed by atoms with Gasteiger partial charge in [0.25, 0.3) is 0 Å². The number of rotatable bonds is 5. The van der Waals surface area contributed by atoms with E-state index in [-0.39, 0.29) is 12.5 Å². The zero-order chi connectivity index (χ0) is 21.3. The Hall–Kier alpha value is -1.94. The van der Waals surface area contributed by atoms with Gasteiger partial charge in [-0.15, -0.1) is 11.3 Å². The largest absolute Gasteiger partial charge is 0.370 e. The van der Waals surface area contributed by atoms with Gasteiger partial charge in [0.2, 0.25) is 5.91 Å². The number of hydrogen-bond donors (Lipinski definition) is 1. The Bertz CT molecular complexity index is 918. The summed E-state index contributed by atoms with van der Waals surface area (Å²) in [5, 5.41) is 3.77. The molecule has 6 nitrogen and oxygen atoms in total. The van der Waals surface area contributed by atoms with E-state index in [4.69, 9.17) is 9.47 Å². The first kappa shape index (κ1) is 21.3. The molecule has 0 bridgehead atoms. The van der Waals surface area contributed by atoms with Gasteiger partial charge in [-0.1, -0.05) is 0 Å². The molecular formula is C21H25F2N3O3S. The summed E-state index contributed by atoms with van der Waals surface area (Å²) in [6.07, 6.45) is -0.191. The summed E-state index contributed by atoms with van der Waals surface area (Å²) in [6.45, 7) is 7.31. The smallest absolute Gasteiger partial charge is 0.249 e. The molecule has 4 rings (SSSR count). The number of carbonyl (C=O) groups excluding carboxylic acids is 1. The van der Waals surface area contributed by atoms with Gasteiger partial charge in [0.1, 0.15) is 23.3 Å². The van der Waals surface area contributed by atoms with Gasteiger partial charge in [-0.2, -0.15) is 0 Å². The summed E-state index contributed by atoms with van der Waals surface area (Å²) in [5.41, 5.74) is 0.911. The highest BCUT2D eigenvalue weighted by atomic mass is 32.1. The van der Waals surface area contributed by atoms with E-state index < -0.39 is 23.3 Å². The van der Waals surface area contributed by atoms with Crippen molar-refractivity contribution in [2.24, 2.45) is 0 Å². The summed E-state index contributed by atoms with van der Waals surface area (Å²) >= 11 is 1.71. The molecule has 3 heterocycles. The predicted molar refractivity (Wildman–Crippen MR) is 108 cm³/mol. The molecule has 0 aliphatic carbocycles. The van der Waals surface area contributed by atoms with Crippen LogP contribution < -0.4 is 5.32 Å². The maximum absolute atomic E-state index is 13.3. The number of nitrogens with one attached hydrogen (secondary N) is 1. The Labute approximate surface area is 178 Å². The third kappa shape index (κ3) is 4.85. The number of carbonyl (C=O) groups is 1. The number of ether oxygens (including phenoxy) is 2. The average molecular weight is 438 g/mol. The molecule has 1 aromatic carbocycles. The van der Waals surface area contributed by atoms with Crippen molar-refractivity contribution in [1.29, 1.82) is 0 Å². The number of halogens is 2. The molecule has 9 heteroatoms. The van der Waals surface area contributed by atoms with Crippen LogP contribution in [0.4, 0.5) is 8.78 Å². The number of aromatic nitrogens is 1. The molecule has 162 valence electrons. The minimum atomic E-state index is -0.669. The lowest BCUT2D eigenvalue weighted by Crippen LogP contribution is -2.52. The maximum Gasteiger partial charge on any atom is 0.249 e. The van der Waals surface area contributed by atoms with E-state index in [1.54, 1.807) is 11.3 Å². The SMILES string of the molecule is Cc1nc(C)c(CN2CCOC3(COC(C(=O)NCc4cc(F)cc(F)c4)C3)C2)s1. The second kappa shape index (κ2) is 8.66. The van der Waals surface area contributed by atoms with Gasteiger partial charge in [0, 0.05) is 43.5 Å². The third-order valence-electron chi connectivity index (χ3n) is 5.48. The van der Waals surface area contributed by atoms with E-state index >= 15 is 0 Å². The van der Waals surface area contributed by atoms with E-state index in [1.807, 2.05) is 13.8 Å². The van der Waals surface area contributed by atoms with Gasteiger partial charge < -0.3 is 14.8 Å². The molecule has 2 fully saturated rings. The first-order chi connectivity index (χ1) is 14.3. The number of thiazole rings is 1. The van der Waals surface area contributed by atoms with Crippen LogP contribution in [0.2, 0.25) is 0 Å². The molecule has 2 saturated heterocycles. The lowest BCUT2D eigenvalue weighted by molar-refractivity contribution is -0.130. The highest BCUT2D eigenvalue weighted by Gasteiger charge is 2.46. The van der Waals surface area contributed by atoms with Crippen molar-refractivity contribution in [3.05, 3.63) is 51.0 Å². The van der Waals surface area contributed by atoms with E-state index in [9.17, 15) is 13.6 Å². The molecule has 2 unspecified atom stereocenters. The summed E-state index contributed by atoms with van der Waals surface area (Å²) in [4.78, 5) is 20.6. The minimum absolute atomic E-state index is 0.0390. The van der Waals surface area contributed by atoms with E-state index in [0.717, 1.165) is 29.9 Å². The van der Waals surface area contributed by atoms with Gasteiger partial charge in [0.05, 0.1) is 23.9 Å². The number of hydrogen-bond acceptors (Lipinski definition) is 6. The van der Waals surface area contributed by atoms with E-state index in [2.05, 4.69) is 15.2 Å². The molecule has 0 radical (unpaired) electrons. The first-order valence-electron chi connectivity index (χ1n) is 9.95. The van der Waals surface area contributed by atoms with Gasteiger partial charge in [-0.05, 0) is 31.5 Å². The fraction of sp³-hybridized carbons (Fsp3) is 0.524. The Balaban J connectivity index is 1.33. The molecule has 2 aromatic rings. The quantitative estimate of drug-likeness (QED) is 0.779. The van der Waals surface area contributed by atoms with Crippen LogP contribution in [0.1, 0.15) is 27.6 Å². The normalized spacial score (nSPS) is 24.5. The zero-order valence-corrected chi connectivity index (χ0v) is 17.9. The Morgan fingerprint density at radius 1 is 1.33 bits per heavy atom. The van der Waals surface area contributed by atoms with Crippen molar-refractivity contribution in [3.8, 4) is 0 Å². The second-order valence-corrected chi connectivity index (χ2v) is 9.27. The van der Waals surface area contributed by atoms with Gasteiger partial charge in [-0.3, -0.25) is 9.69 Å². The molecule has 30 heavy (non-hydrogen) atoms. The number of aryl methyl sites for hydroxylation is 2. The highest BCUT2D eigenvalue weighted by Crippen LogP contribution is 2.33. The third-order valence-corrected chi connectivity index (χ3v) is 6.54. The molecule has 2 aliphatic rings. The van der Waals surface area contributed by atoms with Crippen molar-refractivity contribution in [3.63, 3.8) is 0 Å². The summed E-state index contributed by atoms with van der Waals surface area (Å²) in [7, 11) is 0. The summed E-state index contributed by atoms with van der Waals surface area (Å²) in [5.74, 6) is -1.64. The zero-order valence-electron chi connectivity index (χ0n) is 17.0. The number of morpholine rings is 1. The molecular weight excluding hydrogens is 412 g/mol. The van der Waals surface area contributed by atoms with Crippen LogP contribution in [0.3, 0.4) is 0 Å². The van der Waals surface area contributed by atoms with Crippen LogP contribution in [-0.2, 0) is 27.4 Å². The number of amides is 1. The van der Waals surface area contributed by atoms with Crippen molar-refractivity contribution in [2.75, 3.05) is 26.3 Å². The molecule has 1 N–H and O–H groups in total. The topological polar surface area (TPSA) is 63.7 Å². The van der Waals surface area contributed by atoms with Gasteiger partial charge in [0.15, 0.2) is 0 Å². The lowest BCUT2D eigenvalue weighted by Gasteiger charge is -2.39. The van der Waals surface area contributed by atoms with Crippen molar-refractivity contribution in [1.82, 2.24) is 15.2 Å². The fourth-order valence-corrected chi connectivity index (χ4v) is 5.06. The fourth-order valence-electron chi connectivity index (χ4n) is 4.09. The van der Waals surface area contributed by atoms with Crippen LogP contribution in [-0.4, -0.2) is 53.8 Å². The minimum Gasteiger partial charge on any atom is -0.370 e. The standard InChI is InChI=1S/C21H25F2N3O3S/c1-13-19(30-14(2)25-13)10-26-3-4-29-21(11-26)8-18(28-12-21)20(27)24-9-15-5-16(22)7-17(23)6-15/h5-7,18H,3-4,8-12H2,1-2H3,(H,24,27). The maximum atomic E-state index is 13.3. The molecule has 1 spiro atoms. The van der Waals surface area contributed by atoms with Crippen LogP contribution >= 0.6 is 11.3 Å². The van der Waals surface area contributed by atoms with E-state index in [0.29, 0.717) is 31.7 Å². The second-order valence-electron chi connectivity index (χ2n) is 7.98. The Kier molecular flexibility index (Phi) is 6.15. The van der Waals surface area contributed by atoms with Gasteiger partial charge in [-0.25, -0.2) is 13.8 Å².